The van der Waals surface area contributed by atoms with E-state index in [0.29, 0.717) is 5.58 Å². The minimum absolute atomic E-state index is 0.146. The Morgan fingerprint density at radius 2 is 2.12 bits per heavy atom. The zero-order chi connectivity index (χ0) is 11.7. The average molecular weight is 283 g/mol. The molecule has 3 nitrogen and oxygen atoms in total. The van der Waals surface area contributed by atoms with Gasteiger partial charge in [-0.05, 0) is 38.1 Å². The summed E-state index contributed by atoms with van der Waals surface area (Å²) in [7, 11) is 0. The molecule has 0 radical (unpaired) electrons. The SMILES string of the molecule is CC(C)OC(=O)c1cc2cc(Br)ccc2o1. The van der Waals surface area contributed by atoms with E-state index >= 15 is 0 Å². The third-order valence-electron chi connectivity index (χ3n) is 2.02. The second-order valence-corrected chi connectivity index (χ2v) is 4.66. The third-order valence-corrected chi connectivity index (χ3v) is 2.52. The summed E-state index contributed by atoms with van der Waals surface area (Å²) < 4.78 is 11.4. The van der Waals surface area contributed by atoms with Crippen LogP contribution in [0.25, 0.3) is 11.0 Å². The topological polar surface area (TPSA) is 39.4 Å². The van der Waals surface area contributed by atoms with Crippen molar-refractivity contribution in [1.29, 1.82) is 0 Å². The van der Waals surface area contributed by atoms with Crippen LogP contribution in [-0.4, -0.2) is 12.1 Å². The fourth-order valence-electron chi connectivity index (χ4n) is 1.39. The molecule has 0 fully saturated rings. The molecule has 0 atom stereocenters. The molecule has 0 spiro atoms. The Labute approximate surface area is 102 Å². The van der Waals surface area contributed by atoms with Crippen molar-refractivity contribution in [1.82, 2.24) is 0 Å². The molecular weight excluding hydrogens is 272 g/mol. The number of carbonyl (C=O) groups excluding carboxylic acids is 1. The van der Waals surface area contributed by atoms with E-state index in [0.717, 1.165) is 9.86 Å². The first-order valence-electron chi connectivity index (χ1n) is 4.96. The van der Waals surface area contributed by atoms with E-state index in [1.165, 1.54) is 0 Å². The Kier molecular flexibility index (Phi) is 3.01. The first-order chi connectivity index (χ1) is 7.56. The van der Waals surface area contributed by atoms with Crippen molar-refractivity contribution < 1.29 is 13.9 Å². The van der Waals surface area contributed by atoms with Gasteiger partial charge in [0.25, 0.3) is 0 Å². The van der Waals surface area contributed by atoms with Crippen molar-refractivity contribution in [3.05, 3.63) is 34.5 Å². The fourth-order valence-corrected chi connectivity index (χ4v) is 1.77. The summed E-state index contributed by atoms with van der Waals surface area (Å²) in [5, 5.41) is 0.880. The summed E-state index contributed by atoms with van der Waals surface area (Å²) in [6.07, 6.45) is -0.146. The van der Waals surface area contributed by atoms with Crippen LogP contribution >= 0.6 is 15.9 Å². The van der Waals surface area contributed by atoms with Gasteiger partial charge in [0.1, 0.15) is 5.58 Å². The number of esters is 1. The van der Waals surface area contributed by atoms with E-state index in [-0.39, 0.29) is 11.9 Å². The second kappa shape index (κ2) is 4.29. The monoisotopic (exact) mass is 282 g/mol. The lowest BCUT2D eigenvalue weighted by Gasteiger charge is -2.04. The van der Waals surface area contributed by atoms with Crippen molar-refractivity contribution in [3.63, 3.8) is 0 Å². The van der Waals surface area contributed by atoms with Gasteiger partial charge in [0.2, 0.25) is 5.76 Å². The molecule has 0 unspecified atom stereocenters. The lowest BCUT2D eigenvalue weighted by molar-refractivity contribution is 0.0344. The number of furan rings is 1. The van der Waals surface area contributed by atoms with Gasteiger partial charge in [-0.3, -0.25) is 0 Å². The van der Waals surface area contributed by atoms with Crippen LogP contribution < -0.4 is 0 Å². The predicted molar refractivity (Wildman–Crippen MR) is 64.5 cm³/mol. The number of hydrogen-bond donors (Lipinski definition) is 0. The van der Waals surface area contributed by atoms with Crippen LogP contribution in [0.1, 0.15) is 24.4 Å². The van der Waals surface area contributed by atoms with Crippen LogP contribution in [0.5, 0.6) is 0 Å². The quantitative estimate of drug-likeness (QED) is 0.788. The number of benzene rings is 1. The first-order valence-corrected chi connectivity index (χ1v) is 5.75. The van der Waals surface area contributed by atoms with Gasteiger partial charge in [0.15, 0.2) is 0 Å². The normalized spacial score (nSPS) is 11.0. The maximum Gasteiger partial charge on any atom is 0.374 e. The van der Waals surface area contributed by atoms with E-state index in [1.807, 2.05) is 18.2 Å². The molecule has 0 N–H and O–H groups in total. The summed E-state index contributed by atoms with van der Waals surface area (Å²) in [4.78, 5) is 11.6. The molecule has 0 aliphatic carbocycles. The number of halogens is 1. The molecule has 0 aliphatic heterocycles. The van der Waals surface area contributed by atoms with Gasteiger partial charge in [0.05, 0.1) is 6.10 Å². The molecule has 0 saturated carbocycles. The Bertz CT molecular complexity index is 528. The molecule has 4 heteroatoms. The molecule has 84 valence electrons. The highest BCUT2D eigenvalue weighted by atomic mass is 79.9. The van der Waals surface area contributed by atoms with Gasteiger partial charge < -0.3 is 9.15 Å². The molecule has 0 bridgehead atoms. The van der Waals surface area contributed by atoms with Crippen LogP contribution in [-0.2, 0) is 4.74 Å². The molecule has 0 amide bonds. The van der Waals surface area contributed by atoms with Crippen molar-refractivity contribution in [3.8, 4) is 0 Å². The minimum atomic E-state index is -0.428. The maximum absolute atomic E-state index is 11.6. The highest BCUT2D eigenvalue weighted by Crippen LogP contribution is 2.23. The summed E-state index contributed by atoms with van der Waals surface area (Å²) in [6, 6.07) is 7.25. The smallest absolute Gasteiger partial charge is 0.374 e. The molecule has 16 heavy (non-hydrogen) atoms. The highest BCUT2D eigenvalue weighted by molar-refractivity contribution is 9.10. The fraction of sp³-hybridized carbons (Fsp3) is 0.250. The number of hydrogen-bond acceptors (Lipinski definition) is 3. The lowest BCUT2D eigenvalue weighted by atomic mass is 10.2. The third kappa shape index (κ3) is 2.27. The Morgan fingerprint density at radius 3 is 2.81 bits per heavy atom. The van der Waals surface area contributed by atoms with Crippen LogP contribution in [0.2, 0.25) is 0 Å². The van der Waals surface area contributed by atoms with Crippen LogP contribution in [0.3, 0.4) is 0 Å². The summed E-state index contributed by atoms with van der Waals surface area (Å²) in [6.45, 7) is 3.61. The van der Waals surface area contributed by atoms with Gasteiger partial charge in [-0.15, -0.1) is 0 Å². The van der Waals surface area contributed by atoms with Crippen molar-refractivity contribution in [2.45, 2.75) is 20.0 Å². The highest BCUT2D eigenvalue weighted by Gasteiger charge is 2.14. The van der Waals surface area contributed by atoms with E-state index < -0.39 is 5.97 Å². The largest absolute Gasteiger partial charge is 0.457 e. The molecule has 1 heterocycles. The van der Waals surface area contributed by atoms with Gasteiger partial charge in [-0.1, -0.05) is 15.9 Å². The van der Waals surface area contributed by atoms with Gasteiger partial charge in [-0.2, -0.15) is 0 Å². The number of carbonyl (C=O) groups is 1. The van der Waals surface area contributed by atoms with E-state index in [2.05, 4.69) is 15.9 Å². The number of rotatable bonds is 2. The second-order valence-electron chi connectivity index (χ2n) is 3.75. The summed E-state index contributed by atoms with van der Waals surface area (Å²) in [5.74, 6) is -0.191. The predicted octanol–water partition coefficient (Wildman–Crippen LogP) is 3.76. The van der Waals surface area contributed by atoms with E-state index in [9.17, 15) is 4.79 Å². The molecule has 2 aromatic rings. The molecule has 1 aromatic carbocycles. The lowest BCUT2D eigenvalue weighted by Crippen LogP contribution is -2.10. The number of ether oxygens (including phenoxy) is 1. The van der Waals surface area contributed by atoms with Gasteiger partial charge in [-0.25, -0.2) is 4.79 Å². The van der Waals surface area contributed by atoms with Crippen LogP contribution in [0.4, 0.5) is 0 Å². The van der Waals surface area contributed by atoms with Crippen LogP contribution in [0, 0.1) is 0 Å². The Hall–Kier alpha value is -1.29. The van der Waals surface area contributed by atoms with Gasteiger partial charge in [0, 0.05) is 9.86 Å². The van der Waals surface area contributed by atoms with E-state index in [1.54, 1.807) is 19.9 Å². The van der Waals surface area contributed by atoms with Crippen molar-refractivity contribution >= 4 is 32.9 Å². The molecule has 1 aromatic heterocycles. The van der Waals surface area contributed by atoms with E-state index in [4.69, 9.17) is 9.15 Å². The van der Waals surface area contributed by atoms with Crippen molar-refractivity contribution in [2.75, 3.05) is 0 Å². The van der Waals surface area contributed by atoms with Crippen LogP contribution in [0.15, 0.2) is 33.2 Å². The molecule has 2 rings (SSSR count). The Balaban J connectivity index is 2.36. The Morgan fingerprint density at radius 1 is 1.38 bits per heavy atom. The summed E-state index contributed by atoms with van der Waals surface area (Å²) >= 11 is 3.36. The zero-order valence-electron chi connectivity index (χ0n) is 8.99. The maximum atomic E-state index is 11.6. The standard InChI is InChI=1S/C12H11BrO3/c1-7(2)15-12(14)11-6-8-5-9(13)3-4-10(8)16-11/h3-7H,1-2H3. The average Bonchev–Trinajstić information content (AvgIpc) is 2.59. The number of fused-ring (bicyclic) bond motifs is 1. The van der Waals surface area contributed by atoms with Crippen molar-refractivity contribution in [2.24, 2.45) is 0 Å². The van der Waals surface area contributed by atoms with Gasteiger partial charge >= 0.3 is 5.97 Å². The molecular formula is C12H11BrO3. The first kappa shape index (κ1) is 11.2. The molecule has 0 aliphatic rings. The minimum Gasteiger partial charge on any atom is -0.457 e. The zero-order valence-corrected chi connectivity index (χ0v) is 10.6. The molecule has 0 saturated heterocycles. The summed E-state index contributed by atoms with van der Waals surface area (Å²) in [5.41, 5.74) is 0.680.